The Morgan fingerprint density at radius 3 is 2.62 bits per heavy atom. The molecule has 1 rings (SSSR count). The molecule has 90 valence electrons. The van der Waals surface area contributed by atoms with Crippen LogP contribution in [0.1, 0.15) is 25.5 Å². The average Bonchev–Trinajstić information content (AvgIpc) is 2.17. The lowest BCUT2D eigenvalue weighted by atomic mass is 10.1. The minimum absolute atomic E-state index is 0.135. The van der Waals surface area contributed by atoms with E-state index in [9.17, 15) is 4.39 Å². The molecular formula is C12H18FNO2. The van der Waals surface area contributed by atoms with Crippen LogP contribution in [0.15, 0.2) is 18.2 Å². The van der Waals surface area contributed by atoms with Gasteiger partial charge < -0.3 is 15.2 Å². The number of methoxy groups -OCH3 is 1. The van der Waals surface area contributed by atoms with Crippen LogP contribution in [0, 0.1) is 5.82 Å². The molecule has 0 aliphatic carbocycles. The molecule has 0 aliphatic heterocycles. The maximum atomic E-state index is 13.5. The van der Waals surface area contributed by atoms with Crippen molar-refractivity contribution in [1.29, 1.82) is 0 Å². The van der Waals surface area contributed by atoms with Crippen molar-refractivity contribution in [2.45, 2.75) is 26.0 Å². The van der Waals surface area contributed by atoms with Crippen molar-refractivity contribution in [3.8, 4) is 5.75 Å². The fourth-order valence-corrected chi connectivity index (χ4v) is 1.55. The summed E-state index contributed by atoms with van der Waals surface area (Å²) in [5.41, 5.74) is 6.12. The van der Waals surface area contributed by atoms with Crippen LogP contribution in [-0.4, -0.2) is 19.8 Å². The van der Waals surface area contributed by atoms with Crippen LogP contribution in [0.25, 0.3) is 0 Å². The van der Waals surface area contributed by atoms with Crippen molar-refractivity contribution >= 4 is 0 Å². The van der Waals surface area contributed by atoms with Crippen LogP contribution in [0.5, 0.6) is 5.75 Å². The quantitative estimate of drug-likeness (QED) is 0.839. The molecule has 0 fully saturated rings. The molecule has 0 saturated carbocycles. The molecule has 0 bridgehead atoms. The van der Waals surface area contributed by atoms with Crippen molar-refractivity contribution in [3.63, 3.8) is 0 Å². The van der Waals surface area contributed by atoms with Crippen molar-refractivity contribution in [1.82, 2.24) is 0 Å². The average molecular weight is 227 g/mol. The van der Waals surface area contributed by atoms with Crippen LogP contribution in [0.4, 0.5) is 4.39 Å². The number of nitrogens with two attached hydrogens (primary N) is 1. The van der Waals surface area contributed by atoms with Crippen molar-refractivity contribution < 1.29 is 13.9 Å². The SMILES string of the molecule is COCC(C)Oc1cccc(F)c1[C@H](C)N. The monoisotopic (exact) mass is 227 g/mol. The van der Waals surface area contributed by atoms with Gasteiger partial charge in [-0.05, 0) is 26.0 Å². The summed E-state index contributed by atoms with van der Waals surface area (Å²) in [5, 5.41) is 0. The van der Waals surface area contributed by atoms with Gasteiger partial charge in [0.15, 0.2) is 0 Å². The van der Waals surface area contributed by atoms with Gasteiger partial charge in [-0.3, -0.25) is 0 Å². The first kappa shape index (κ1) is 12.9. The smallest absolute Gasteiger partial charge is 0.131 e. The van der Waals surface area contributed by atoms with Gasteiger partial charge in [-0.1, -0.05) is 6.07 Å². The summed E-state index contributed by atoms with van der Waals surface area (Å²) >= 11 is 0. The molecule has 0 radical (unpaired) electrons. The number of benzene rings is 1. The Balaban J connectivity index is 2.90. The lowest BCUT2D eigenvalue weighted by molar-refractivity contribution is 0.0909. The van der Waals surface area contributed by atoms with Gasteiger partial charge in [-0.15, -0.1) is 0 Å². The molecule has 2 N–H and O–H groups in total. The molecular weight excluding hydrogens is 209 g/mol. The van der Waals surface area contributed by atoms with E-state index in [1.807, 2.05) is 6.92 Å². The molecule has 0 spiro atoms. The molecule has 0 heterocycles. The van der Waals surface area contributed by atoms with E-state index in [1.165, 1.54) is 6.07 Å². The van der Waals surface area contributed by atoms with E-state index in [1.54, 1.807) is 26.2 Å². The Morgan fingerprint density at radius 2 is 2.06 bits per heavy atom. The fourth-order valence-electron chi connectivity index (χ4n) is 1.55. The highest BCUT2D eigenvalue weighted by molar-refractivity contribution is 5.36. The molecule has 1 aromatic carbocycles. The largest absolute Gasteiger partial charge is 0.488 e. The van der Waals surface area contributed by atoms with Crippen molar-refractivity contribution in [2.75, 3.05) is 13.7 Å². The molecule has 0 saturated heterocycles. The fraction of sp³-hybridized carbons (Fsp3) is 0.500. The van der Waals surface area contributed by atoms with E-state index in [0.29, 0.717) is 17.9 Å². The molecule has 0 aromatic heterocycles. The number of rotatable bonds is 5. The first-order chi connectivity index (χ1) is 7.56. The third-order valence-corrected chi connectivity index (χ3v) is 2.20. The first-order valence-electron chi connectivity index (χ1n) is 5.25. The van der Waals surface area contributed by atoms with Gasteiger partial charge >= 0.3 is 0 Å². The topological polar surface area (TPSA) is 44.5 Å². The number of hydrogen-bond donors (Lipinski definition) is 1. The zero-order chi connectivity index (χ0) is 12.1. The van der Waals surface area contributed by atoms with Gasteiger partial charge in [0.25, 0.3) is 0 Å². The zero-order valence-electron chi connectivity index (χ0n) is 9.87. The predicted octanol–water partition coefficient (Wildman–Crippen LogP) is 2.26. The predicted molar refractivity (Wildman–Crippen MR) is 61.0 cm³/mol. The highest BCUT2D eigenvalue weighted by Crippen LogP contribution is 2.27. The van der Waals surface area contributed by atoms with Crippen LogP contribution in [-0.2, 0) is 4.74 Å². The standard InChI is InChI=1S/C12H18FNO2/c1-8(7-15-3)16-11-6-4-5-10(13)12(11)9(2)14/h4-6,8-9H,7,14H2,1-3H3/t8?,9-/m0/s1. The Hall–Kier alpha value is -1.13. The van der Waals surface area contributed by atoms with Crippen molar-refractivity contribution in [2.24, 2.45) is 5.73 Å². The Bertz CT molecular complexity index is 342. The molecule has 4 heteroatoms. The van der Waals surface area contributed by atoms with E-state index in [0.717, 1.165) is 0 Å². The summed E-state index contributed by atoms with van der Waals surface area (Å²) in [6.45, 7) is 4.04. The zero-order valence-corrected chi connectivity index (χ0v) is 9.87. The normalized spacial score (nSPS) is 14.6. The Kier molecular flexibility index (Phi) is 4.71. The van der Waals surface area contributed by atoms with E-state index < -0.39 is 6.04 Å². The van der Waals surface area contributed by atoms with Gasteiger partial charge in [-0.25, -0.2) is 4.39 Å². The third-order valence-electron chi connectivity index (χ3n) is 2.20. The second-order valence-electron chi connectivity index (χ2n) is 3.82. The van der Waals surface area contributed by atoms with Gasteiger partial charge in [-0.2, -0.15) is 0 Å². The maximum absolute atomic E-state index is 13.5. The molecule has 16 heavy (non-hydrogen) atoms. The second-order valence-corrected chi connectivity index (χ2v) is 3.82. The van der Waals surface area contributed by atoms with E-state index >= 15 is 0 Å². The summed E-state index contributed by atoms with van der Waals surface area (Å²) in [7, 11) is 1.60. The second kappa shape index (κ2) is 5.82. The number of hydrogen-bond acceptors (Lipinski definition) is 3. The Labute approximate surface area is 95.4 Å². The van der Waals surface area contributed by atoms with Crippen LogP contribution < -0.4 is 10.5 Å². The lowest BCUT2D eigenvalue weighted by Crippen LogP contribution is -2.20. The first-order valence-corrected chi connectivity index (χ1v) is 5.25. The number of ether oxygens (including phenoxy) is 2. The lowest BCUT2D eigenvalue weighted by Gasteiger charge is -2.18. The minimum atomic E-state index is -0.397. The van der Waals surface area contributed by atoms with Gasteiger partial charge in [0.2, 0.25) is 0 Å². The summed E-state index contributed by atoms with van der Waals surface area (Å²) < 4.78 is 24.1. The summed E-state index contributed by atoms with van der Waals surface area (Å²) in [5.74, 6) is 0.150. The number of halogens is 1. The molecule has 0 amide bonds. The maximum Gasteiger partial charge on any atom is 0.131 e. The van der Waals surface area contributed by atoms with Gasteiger partial charge in [0.1, 0.15) is 17.7 Å². The van der Waals surface area contributed by atoms with Crippen LogP contribution in [0.2, 0.25) is 0 Å². The molecule has 0 aliphatic rings. The van der Waals surface area contributed by atoms with E-state index in [2.05, 4.69) is 0 Å². The summed E-state index contributed by atoms with van der Waals surface area (Å²) in [6.07, 6.45) is -0.135. The third kappa shape index (κ3) is 3.18. The van der Waals surface area contributed by atoms with Crippen molar-refractivity contribution in [3.05, 3.63) is 29.6 Å². The van der Waals surface area contributed by atoms with E-state index in [-0.39, 0.29) is 11.9 Å². The molecule has 2 atom stereocenters. The minimum Gasteiger partial charge on any atom is -0.488 e. The van der Waals surface area contributed by atoms with Gasteiger partial charge in [0.05, 0.1) is 6.61 Å². The van der Waals surface area contributed by atoms with E-state index in [4.69, 9.17) is 15.2 Å². The van der Waals surface area contributed by atoms with Crippen LogP contribution in [0.3, 0.4) is 0 Å². The molecule has 1 aromatic rings. The summed E-state index contributed by atoms with van der Waals surface area (Å²) in [4.78, 5) is 0. The van der Waals surface area contributed by atoms with Gasteiger partial charge in [0, 0.05) is 18.7 Å². The summed E-state index contributed by atoms with van der Waals surface area (Å²) in [6, 6.07) is 4.31. The highest BCUT2D eigenvalue weighted by Gasteiger charge is 2.15. The molecule has 1 unspecified atom stereocenters. The highest BCUT2D eigenvalue weighted by atomic mass is 19.1. The Morgan fingerprint density at radius 1 is 1.38 bits per heavy atom. The molecule has 3 nitrogen and oxygen atoms in total. The van der Waals surface area contributed by atoms with Crippen LogP contribution >= 0.6 is 0 Å².